The Morgan fingerprint density at radius 3 is 2.65 bits per heavy atom. The highest BCUT2D eigenvalue weighted by Crippen LogP contribution is 2.35. The third-order valence-corrected chi connectivity index (χ3v) is 5.75. The first-order valence-electron chi connectivity index (χ1n) is 9.13. The van der Waals surface area contributed by atoms with Crippen LogP contribution in [0.5, 0.6) is 0 Å². The Kier molecular flexibility index (Phi) is 6.35. The van der Waals surface area contributed by atoms with Crippen LogP contribution in [0.3, 0.4) is 0 Å². The van der Waals surface area contributed by atoms with Gasteiger partial charge in [0, 0.05) is 18.6 Å². The van der Waals surface area contributed by atoms with Crippen LogP contribution in [0.2, 0.25) is 0 Å². The van der Waals surface area contributed by atoms with Gasteiger partial charge >= 0.3 is 0 Å². The molecule has 1 saturated carbocycles. The van der Waals surface area contributed by atoms with Crippen molar-refractivity contribution >= 4 is 0 Å². The van der Waals surface area contributed by atoms with Gasteiger partial charge in [-0.25, -0.2) is 0 Å². The first kappa shape index (κ1) is 16.3. The third-order valence-electron chi connectivity index (χ3n) is 5.75. The van der Waals surface area contributed by atoms with Crippen molar-refractivity contribution in [2.45, 2.75) is 78.3 Å². The van der Waals surface area contributed by atoms with Gasteiger partial charge in [-0.3, -0.25) is 0 Å². The molecule has 0 aromatic rings. The Morgan fingerprint density at radius 1 is 1.15 bits per heavy atom. The summed E-state index contributed by atoms with van der Waals surface area (Å²) in [6.07, 6.45) is 8.27. The zero-order valence-corrected chi connectivity index (χ0v) is 14.2. The van der Waals surface area contributed by atoms with Gasteiger partial charge in [-0.05, 0) is 69.4 Å². The quantitative estimate of drug-likeness (QED) is 0.793. The molecule has 1 aliphatic carbocycles. The molecule has 118 valence electrons. The minimum Gasteiger partial charge on any atom is -0.314 e. The van der Waals surface area contributed by atoms with Crippen LogP contribution < -0.4 is 5.32 Å². The van der Waals surface area contributed by atoms with E-state index in [4.69, 9.17) is 0 Å². The van der Waals surface area contributed by atoms with Crippen molar-refractivity contribution < 1.29 is 0 Å². The van der Waals surface area contributed by atoms with Gasteiger partial charge in [0.15, 0.2) is 0 Å². The second-order valence-electron chi connectivity index (χ2n) is 7.48. The van der Waals surface area contributed by atoms with Crippen LogP contribution in [0.4, 0.5) is 0 Å². The molecule has 5 unspecified atom stereocenters. The summed E-state index contributed by atoms with van der Waals surface area (Å²) in [5, 5.41) is 3.86. The number of hydrogen-bond donors (Lipinski definition) is 1. The van der Waals surface area contributed by atoms with E-state index in [2.05, 4.69) is 37.9 Å². The van der Waals surface area contributed by atoms with Crippen molar-refractivity contribution in [2.75, 3.05) is 19.6 Å². The van der Waals surface area contributed by atoms with E-state index in [1.807, 2.05) is 0 Å². The summed E-state index contributed by atoms with van der Waals surface area (Å²) < 4.78 is 0. The Balaban J connectivity index is 1.97. The lowest BCUT2D eigenvalue weighted by molar-refractivity contribution is 0.0946. The number of likely N-dealkylation sites (tertiary alicyclic amines) is 1. The molecule has 0 bridgehead atoms. The molecule has 1 aliphatic heterocycles. The monoisotopic (exact) mass is 280 g/mol. The molecule has 5 atom stereocenters. The fraction of sp³-hybridized carbons (Fsp3) is 1.00. The van der Waals surface area contributed by atoms with Crippen molar-refractivity contribution in [3.63, 3.8) is 0 Å². The zero-order valence-electron chi connectivity index (χ0n) is 14.2. The van der Waals surface area contributed by atoms with Gasteiger partial charge in [-0.1, -0.05) is 27.7 Å². The van der Waals surface area contributed by atoms with Crippen LogP contribution in [0, 0.1) is 17.8 Å². The van der Waals surface area contributed by atoms with Crippen LogP contribution in [0.25, 0.3) is 0 Å². The van der Waals surface area contributed by atoms with E-state index in [1.165, 1.54) is 58.2 Å². The molecular formula is C18H36N2. The smallest absolute Gasteiger partial charge is 0.0113 e. The average Bonchev–Trinajstić information content (AvgIpc) is 2.87. The van der Waals surface area contributed by atoms with Crippen LogP contribution in [-0.2, 0) is 0 Å². The SMILES string of the molecule is CCCNC1CC(C)CC(C)C1CN1CCCC1CC. The Morgan fingerprint density at radius 2 is 1.95 bits per heavy atom. The molecule has 1 heterocycles. The Hall–Kier alpha value is -0.0800. The predicted octanol–water partition coefficient (Wildman–Crippen LogP) is 3.91. The molecule has 2 rings (SSSR count). The molecule has 2 aliphatic rings. The van der Waals surface area contributed by atoms with Crippen molar-refractivity contribution in [3.8, 4) is 0 Å². The molecule has 20 heavy (non-hydrogen) atoms. The van der Waals surface area contributed by atoms with Gasteiger partial charge in [0.1, 0.15) is 0 Å². The van der Waals surface area contributed by atoms with Crippen molar-refractivity contribution in [2.24, 2.45) is 17.8 Å². The maximum atomic E-state index is 3.86. The summed E-state index contributed by atoms with van der Waals surface area (Å²) in [5.41, 5.74) is 0. The van der Waals surface area contributed by atoms with Crippen LogP contribution in [0.15, 0.2) is 0 Å². The molecule has 2 nitrogen and oxygen atoms in total. The van der Waals surface area contributed by atoms with E-state index in [0.717, 1.165) is 29.8 Å². The molecule has 0 spiro atoms. The fourth-order valence-electron chi connectivity index (χ4n) is 4.65. The fourth-order valence-corrected chi connectivity index (χ4v) is 4.65. The first-order chi connectivity index (χ1) is 9.65. The molecule has 2 fully saturated rings. The second-order valence-corrected chi connectivity index (χ2v) is 7.48. The Bertz CT molecular complexity index is 279. The highest BCUT2D eigenvalue weighted by Gasteiger charge is 2.36. The van der Waals surface area contributed by atoms with Gasteiger partial charge in [0.05, 0.1) is 0 Å². The molecular weight excluding hydrogens is 244 g/mol. The zero-order chi connectivity index (χ0) is 14.5. The number of rotatable bonds is 6. The highest BCUT2D eigenvalue weighted by atomic mass is 15.2. The van der Waals surface area contributed by atoms with Crippen molar-refractivity contribution in [1.29, 1.82) is 0 Å². The number of nitrogens with zero attached hydrogens (tertiary/aromatic N) is 1. The summed E-state index contributed by atoms with van der Waals surface area (Å²) in [7, 11) is 0. The van der Waals surface area contributed by atoms with Crippen LogP contribution in [-0.4, -0.2) is 36.6 Å². The lowest BCUT2D eigenvalue weighted by atomic mass is 9.72. The number of hydrogen-bond acceptors (Lipinski definition) is 2. The molecule has 1 saturated heterocycles. The maximum absolute atomic E-state index is 3.86. The van der Waals surface area contributed by atoms with Gasteiger partial charge in [-0.15, -0.1) is 0 Å². The molecule has 1 N–H and O–H groups in total. The van der Waals surface area contributed by atoms with Crippen molar-refractivity contribution in [1.82, 2.24) is 10.2 Å². The second kappa shape index (κ2) is 7.79. The van der Waals surface area contributed by atoms with Crippen LogP contribution >= 0.6 is 0 Å². The molecule has 0 aromatic carbocycles. The van der Waals surface area contributed by atoms with Gasteiger partial charge in [0.25, 0.3) is 0 Å². The summed E-state index contributed by atoms with van der Waals surface area (Å²) in [5.74, 6) is 2.65. The van der Waals surface area contributed by atoms with E-state index in [-0.39, 0.29) is 0 Å². The largest absolute Gasteiger partial charge is 0.314 e. The molecule has 2 heteroatoms. The standard InChI is InChI=1S/C18H36N2/c1-5-9-19-18-12-14(3)11-15(4)17(18)13-20-10-7-8-16(20)6-2/h14-19H,5-13H2,1-4H3. The summed E-state index contributed by atoms with van der Waals surface area (Å²) in [6, 6.07) is 1.63. The lowest BCUT2D eigenvalue weighted by Crippen LogP contribution is -2.50. The molecule has 0 amide bonds. The maximum Gasteiger partial charge on any atom is 0.0113 e. The highest BCUT2D eigenvalue weighted by molar-refractivity contribution is 4.91. The van der Waals surface area contributed by atoms with Gasteiger partial charge < -0.3 is 10.2 Å². The summed E-state index contributed by atoms with van der Waals surface area (Å²) in [4.78, 5) is 2.80. The third kappa shape index (κ3) is 3.98. The van der Waals surface area contributed by atoms with Gasteiger partial charge in [0.2, 0.25) is 0 Å². The van der Waals surface area contributed by atoms with E-state index >= 15 is 0 Å². The number of nitrogens with one attached hydrogen (secondary N) is 1. The lowest BCUT2D eigenvalue weighted by Gasteiger charge is -2.43. The predicted molar refractivity (Wildman–Crippen MR) is 88.0 cm³/mol. The normalized spacial score (nSPS) is 39.3. The van der Waals surface area contributed by atoms with E-state index in [0.29, 0.717) is 0 Å². The first-order valence-corrected chi connectivity index (χ1v) is 9.13. The minimum atomic E-state index is 0.756. The van der Waals surface area contributed by atoms with E-state index in [1.54, 1.807) is 0 Å². The summed E-state index contributed by atoms with van der Waals surface area (Å²) >= 11 is 0. The Labute approximate surface area is 126 Å². The minimum absolute atomic E-state index is 0.756. The summed E-state index contributed by atoms with van der Waals surface area (Å²) in [6.45, 7) is 13.5. The average molecular weight is 280 g/mol. The van der Waals surface area contributed by atoms with E-state index in [9.17, 15) is 0 Å². The molecule has 0 radical (unpaired) electrons. The molecule has 0 aromatic heterocycles. The topological polar surface area (TPSA) is 15.3 Å². The van der Waals surface area contributed by atoms with Crippen LogP contribution in [0.1, 0.15) is 66.2 Å². The van der Waals surface area contributed by atoms with Gasteiger partial charge in [-0.2, -0.15) is 0 Å². The van der Waals surface area contributed by atoms with Crippen molar-refractivity contribution in [3.05, 3.63) is 0 Å². The van der Waals surface area contributed by atoms with E-state index < -0.39 is 0 Å².